The normalized spacial score (nSPS) is 20.6. The number of anilines is 1. The summed E-state index contributed by atoms with van der Waals surface area (Å²) in [5.74, 6) is -0.842. The number of benzene rings is 1. The van der Waals surface area contributed by atoms with Crippen LogP contribution in [0, 0.1) is 5.92 Å². The fourth-order valence-corrected chi connectivity index (χ4v) is 3.73. The van der Waals surface area contributed by atoms with Crippen molar-refractivity contribution in [2.24, 2.45) is 5.92 Å². The van der Waals surface area contributed by atoms with Gasteiger partial charge in [-0.3, -0.25) is 4.72 Å². The Balaban J connectivity index is 2.22. The van der Waals surface area contributed by atoms with E-state index in [0.717, 1.165) is 12.8 Å². The zero-order chi connectivity index (χ0) is 14.8. The Labute approximate surface area is 118 Å². The molecule has 1 fully saturated rings. The third kappa shape index (κ3) is 3.29. The highest BCUT2D eigenvalue weighted by molar-refractivity contribution is 7.90. The van der Waals surface area contributed by atoms with E-state index in [-0.39, 0.29) is 11.3 Å². The third-order valence-electron chi connectivity index (χ3n) is 3.36. The monoisotopic (exact) mass is 298 g/mol. The number of para-hydroxylation sites is 1. The van der Waals surface area contributed by atoms with Gasteiger partial charge in [0, 0.05) is 13.1 Å². The molecule has 0 spiro atoms. The van der Waals surface area contributed by atoms with E-state index >= 15 is 0 Å². The van der Waals surface area contributed by atoms with Crippen LogP contribution in [0.1, 0.15) is 30.1 Å². The van der Waals surface area contributed by atoms with Gasteiger partial charge in [-0.15, -0.1) is 0 Å². The summed E-state index contributed by atoms with van der Waals surface area (Å²) in [5.41, 5.74) is 0.0411. The summed E-state index contributed by atoms with van der Waals surface area (Å²) in [6.07, 6.45) is 1.83. The second-order valence-electron chi connectivity index (χ2n) is 5.06. The van der Waals surface area contributed by atoms with Crippen molar-refractivity contribution in [1.29, 1.82) is 0 Å². The molecule has 1 aliphatic heterocycles. The molecule has 1 aromatic carbocycles. The van der Waals surface area contributed by atoms with Crippen molar-refractivity contribution in [3.63, 3.8) is 0 Å². The molecule has 1 heterocycles. The second kappa shape index (κ2) is 5.80. The lowest BCUT2D eigenvalue weighted by atomic mass is 10.0. The van der Waals surface area contributed by atoms with Gasteiger partial charge in [0.2, 0.25) is 0 Å². The SMILES string of the molecule is CC1CCCN(S(=O)(=O)Nc2ccccc2C(=O)O)C1. The maximum atomic E-state index is 12.3. The zero-order valence-corrected chi connectivity index (χ0v) is 12.1. The van der Waals surface area contributed by atoms with E-state index < -0.39 is 16.2 Å². The van der Waals surface area contributed by atoms with Gasteiger partial charge >= 0.3 is 16.2 Å². The Morgan fingerprint density at radius 3 is 2.75 bits per heavy atom. The minimum absolute atomic E-state index is 0.0545. The van der Waals surface area contributed by atoms with Gasteiger partial charge in [-0.2, -0.15) is 12.7 Å². The van der Waals surface area contributed by atoms with Gasteiger partial charge in [-0.05, 0) is 30.9 Å². The highest BCUT2D eigenvalue weighted by Crippen LogP contribution is 2.22. The van der Waals surface area contributed by atoms with Crippen molar-refractivity contribution in [3.8, 4) is 0 Å². The molecule has 1 aliphatic rings. The number of piperidine rings is 1. The Kier molecular flexibility index (Phi) is 4.29. The van der Waals surface area contributed by atoms with Gasteiger partial charge in [0.25, 0.3) is 0 Å². The van der Waals surface area contributed by atoms with Crippen molar-refractivity contribution >= 4 is 21.9 Å². The molecular formula is C13H18N2O4S. The lowest BCUT2D eigenvalue weighted by molar-refractivity contribution is 0.0698. The van der Waals surface area contributed by atoms with Crippen LogP contribution in [0.4, 0.5) is 5.69 Å². The first-order chi connectivity index (χ1) is 9.40. The van der Waals surface area contributed by atoms with Crippen molar-refractivity contribution < 1.29 is 18.3 Å². The number of hydrogen-bond acceptors (Lipinski definition) is 3. The average molecular weight is 298 g/mol. The lowest BCUT2D eigenvalue weighted by Gasteiger charge is -2.30. The summed E-state index contributed by atoms with van der Waals surface area (Å²) in [6, 6.07) is 5.99. The van der Waals surface area contributed by atoms with Crippen LogP contribution >= 0.6 is 0 Å². The molecule has 7 heteroatoms. The van der Waals surface area contributed by atoms with Gasteiger partial charge in [0.1, 0.15) is 0 Å². The lowest BCUT2D eigenvalue weighted by Crippen LogP contribution is -2.42. The smallest absolute Gasteiger partial charge is 0.337 e. The maximum absolute atomic E-state index is 12.3. The van der Waals surface area contributed by atoms with Gasteiger partial charge in [-0.1, -0.05) is 19.1 Å². The third-order valence-corrected chi connectivity index (χ3v) is 4.85. The number of carboxylic acid groups (broad SMARTS) is 1. The van der Waals surface area contributed by atoms with E-state index in [1.165, 1.54) is 16.4 Å². The standard InChI is InChI=1S/C13H18N2O4S/c1-10-5-4-8-15(9-10)20(18,19)14-12-7-3-2-6-11(12)13(16)17/h2-3,6-7,10,14H,4-5,8-9H2,1H3,(H,16,17). The zero-order valence-electron chi connectivity index (χ0n) is 11.2. The number of carbonyl (C=O) groups is 1. The minimum Gasteiger partial charge on any atom is -0.478 e. The molecule has 1 aromatic rings. The van der Waals surface area contributed by atoms with Crippen LogP contribution in [-0.4, -0.2) is 36.9 Å². The van der Waals surface area contributed by atoms with Crippen LogP contribution in [0.25, 0.3) is 0 Å². The summed E-state index contributed by atoms with van der Waals surface area (Å²) in [5, 5.41) is 9.07. The molecule has 0 aliphatic carbocycles. The molecule has 6 nitrogen and oxygen atoms in total. The molecule has 1 unspecified atom stereocenters. The quantitative estimate of drug-likeness (QED) is 0.887. The Bertz CT molecular complexity index is 600. The fraction of sp³-hybridized carbons (Fsp3) is 0.462. The molecule has 0 amide bonds. The van der Waals surface area contributed by atoms with Crippen LogP contribution in [0.5, 0.6) is 0 Å². The van der Waals surface area contributed by atoms with E-state index in [0.29, 0.717) is 19.0 Å². The minimum atomic E-state index is -3.71. The van der Waals surface area contributed by atoms with E-state index in [1.54, 1.807) is 12.1 Å². The van der Waals surface area contributed by atoms with Crippen molar-refractivity contribution in [3.05, 3.63) is 29.8 Å². The molecule has 110 valence electrons. The first-order valence-corrected chi connectivity index (χ1v) is 7.94. The van der Waals surface area contributed by atoms with Crippen LogP contribution in [0.3, 0.4) is 0 Å². The summed E-state index contributed by atoms with van der Waals surface area (Å²) in [6.45, 7) is 2.94. The van der Waals surface area contributed by atoms with Crippen LogP contribution in [0.2, 0.25) is 0 Å². The van der Waals surface area contributed by atoms with Crippen LogP contribution in [-0.2, 0) is 10.2 Å². The van der Waals surface area contributed by atoms with Gasteiger partial charge < -0.3 is 5.11 Å². The molecule has 0 radical (unpaired) electrons. The molecule has 1 saturated heterocycles. The fourth-order valence-electron chi connectivity index (χ4n) is 2.33. The molecule has 2 rings (SSSR count). The van der Waals surface area contributed by atoms with E-state index in [2.05, 4.69) is 4.72 Å². The van der Waals surface area contributed by atoms with E-state index in [1.807, 2.05) is 6.92 Å². The largest absolute Gasteiger partial charge is 0.478 e. The van der Waals surface area contributed by atoms with Crippen LogP contribution < -0.4 is 4.72 Å². The summed E-state index contributed by atoms with van der Waals surface area (Å²) >= 11 is 0. The summed E-state index contributed by atoms with van der Waals surface area (Å²) in [7, 11) is -3.71. The number of nitrogens with zero attached hydrogens (tertiary/aromatic N) is 1. The molecule has 20 heavy (non-hydrogen) atoms. The summed E-state index contributed by atoms with van der Waals surface area (Å²) < 4.78 is 28.3. The van der Waals surface area contributed by atoms with E-state index in [9.17, 15) is 13.2 Å². The number of hydrogen-bond donors (Lipinski definition) is 2. The molecule has 0 bridgehead atoms. The number of rotatable bonds is 4. The van der Waals surface area contributed by atoms with E-state index in [4.69, 9.17) is 5.11 Å². The highest BCUT2D eigenvalue weighted by Gasteiger charge is 2.27. The number of aromatic carboxylic acids is 1. The molecule has 0 aromatic heterocycles. The maximum Gasteiger partial charge on any atom is 0.337 e. The highest BCUT2D eigenvalue weighted by atomic mass is 32.2. The number of nitrogens with one attached hydrogen (secondary N) is 1. The number of carboxylic acids is 1. The predicted molar refractivity (Wildman–Crippen MR) is 75.9 cm³/mol. The Morgan fingerprint density at radius 2 is 2.10 bits per heavy atom. The average Bonchev–Trinajstić information content (AvgIpc) is 2.38. The molecule has 2 N–H and O–H groups in total. The second-order valence-corrected chi connectivity index (χ2v) is 6.73. The van der Waals surface area contributed by atoms with Crippen molar-refractivity contribution in [1.82, 2.24) is 4.31 Å². The van der Waals surface area contributed by atoms with Gasteiger partial charge in [-0.25, -0.2) is 4.79 Å². The van der Waals surface area contributed by atoms with Crippen molar-refractivity contribution in [2.45, 2.75) is 19.8 Å². The van der Waals surface area contributed by atoms with Gasteiger partial charge in [0.05, 0.1) is 11.3 Å². The Morgan fingerprint density at radius 1 is 1.40 bits per heavy atom. The topological polar surface area (TPSA) is 86.7 Å². The first kappa shape index (κ1) is 14.8. The predicted octanol–water partition coefficient (Wildman–Crippen LogP) is 1.77. The van der Waals surface area contributed by atoms with Gasteiger partial charge in [0.15, 0.2) is 0 Å². The first-order valence-electron chi connectivity index (χ1n) is 6.50. The molecular weight excluding hydrogens is 280 g/mol. The Hall–Kier alpha value is -1.60. The van der Waals surface area contributed by atoms with Crippen LogP contribution in [0.15, 0.2) is 24.3 Å². The molecule has 0 saturated carbocycles. The van der Waals surface area contributed by atoms with Crippen molar-refractivity contribution in [2.75, 3.05) is 17.8 Å². The summed E-state index contributed by atoms with van der Waals surface area (Å²) in [4.78, 5) is 11.1. The molecule has 1 atom stereocenters.